The standard InChI is InChI=1S/C12H15ClN4O2S/c1-2-3-9-7-12(16-15-9)17-20(18,19)11-5-4-8(14)6-10(11)13/h4-7H,2-3,14H2,1H3,(H2,15,16,17). The summed E-state index contributed by atoms with van der Waals surface area (Å²) < 4.78 is 26.8. The monoisotopic (exact) mass is 314 g/mol. The van der Waals surface area contributed by atoms with Crippen LogP contribution in [0, 0.1) is 0 Å². The van der Waals surface area contributed by atoms with Gasteiger partial charge in [0.15, 0.2) is 5.82 Å². The van der Waals surface area contributed by atoms with Crippen LogP contribution in [0.5, 0.6) is 0 Å². The Labute approximate surface area is 122 Å². The summed E-state index contributed by atoms with van der Waals surface area (Å²) in [6, 6.07) is 5.89. The molecule has 0 fully saturated rings. The number of nitrogens with one attached hydrogen (secondary N) is 2. The summed E-state index contributed by atoms with van der Waals surface area (Å²) in [5.74, 6) is 0.237. The Hall–Kier alpha value is -1.73. The zero-order valence-corrected chi connectivity index (χ0v) is 12.4. The third kappa shape index (κ3) is 3.23. The van der Waals surface area contributed by atoms with Gasteiger partial charge in [-0.3, -0.25) is 9.82 Å². The van der Waals surface area contributed by atoms with E-state index in [0.717, 1.165) is 18.5 Å². The number of aryl methyl sites for hydroxylation is 1. The molecule has 0 saturated heterocycles. The van der Waals surface area contributed by atoms with Crippen molar-refractivity contribution in [3.63, 3.8) is 0 Å². The van der Waals surface area contributed by atoms with Crippen molar-refractivity contribution in [3.05, 3.63) is 35.0 Å². The van der Waals surface area contributed by atoms with Crippen molar-refractivity contribution < 1.29 is 8.42 Å². The number of nitrogens with two attached hydrogens (primary N) is 1. The second kappa shape index (κ2) is 5.72. The lowest BCUT2D eigenvalue weighted by atomic mass is 10.2. The molecule has 20 heavy (non-hydrogen) atoms. The fourth-order valence-electron chi connectivity index (χ4n) is 1.74. The van der Waals surface area contributed by atoms with Gasteiger partial charge in [0, 0.05) is 17.4 Å². The van der Waals surface area contributed by atoms with Gasteiger partial charge < -0.3 is 5.73 Å². The number of sulfonamides is 1. The first-order valence-corrected chi connectivity index (χ1v) is 7.90. The lowest BCUT2D eigenvalue weighted by Crippen LogP contribution is -2.13. The molecule has 2 aromatic rings. The molecule has 2 rings (SSSR count). The molecule has 0 radical (unpaired) electrons. The van der Waals surface area contributed by atoms with Crippen molar-refractivity contribution in [1.29, 1.82) is 0 Å². The number of benzene rings is 1. The maximum absolute atomic E-state index is 12.2. The van der Waals surface area contributed by atoms with Crippen LogP contribution in [0.25, 0.3) is 0 Å². The Morgan fingerprint density at radius 1 is 1.40 bits per heavy atom. The predicted molar refractivity (Wildman–Crippen MR) is 79.3 cm³/mol. The third-order valence-corrected chi connectivity index (χ3v) is 4.47. The highest BCUT2D eigenvalue weighted by Crippen LogP contribution is 2.25. The first-order valence-electron chi connectivity index (χ1n) is 6.04. The van der Waals surface area contributed by atoms with Crippen molar-refractivity contribution in [1.82, 2.24) is 10.2 Å². The van der Waals surface area contributed by atoms with Crippen molar-refractivity contribution in [2.24, 2.45) is 0 Å². The van der Waals surface area contributed by atoms with Crippen LogP contribution < -0.4 is 10.5 Å². The Kier molecular flexibility index (Phi) is 4.20. The number of rotatable bonds is 5. The van der Waals surface area contributed by atoms with E-state index in [1.165, 1.54) is 18.2 Å². The second-order valence-corrected chi connectivity index (χ2v) is 6.38. The number of halogens is 1. The normalized spacial score (nSPS) is 11.5. The largest absolute Gasteiger partial charge is 0.399 e. The van der Waals surface area contributed by atoms with Crippen molar-refractivity contribution in [2.75, 3.05) is 10.5 Å². The first kappa shape index (κ1) is 14.7. The van der Waals surface area contributed by atoms with Crippen LogP contribution in [0.4, 0.5) is 11.5 Å². The number of nitrogen functional groups attached to an aromatic ring is 1. The minimum atomic E-state index is -3.78. The zero-order chi connectivity index (χ0) is 14.8. The van der Waals surface area contributed by atoms with E-state index in [0.29, 0.717) is 5.69 Å². The summed E-state index contributed by atoms with van der Waals surface area (Å²) >= 11 is 5.91. The molecule has 0 aliphatic rings. The highest BCUT2D eigenvalue weighted by Gasteiger charge is 2.19. The van der Waals surface area contributed by atoms with E-state index in [9.17, 15) is 8.42 Å². The molecule has 0 amide bonds. The van der Waals surface area contributed by atoms with Crippen LogP contribution in [0.3, 0.4) is 0 Å². The van der Waals surface area contributed by atoms with Gasteiger partial charge in [-0.25, -0.2) is 8.42 Å². The topological polar surface area (TPSA) is 101 Å². The lowest BCUT2D eigenvalue weighted by Gasteiger charge is -2.07. The molecular weight excluding hydrogens is 300 g/mol. The van der Waals surface area contributed by atoms with Crippen LogP contribution in [0.2, 0.25) is 5.02 Å². The Morgan fingerprint density at radius 3 is 2.80 bits per heavy atom. The number of aromatic nitrogens is 2. The third-order valence-electron chi connectivity index (χ3n) is 2.63. The SMILES string of the molecule is CCCc1cc(NS(=O)(=O)c2ccc(N)cc2Cl)n[nH]1. The summed E-state index contributed by atoms with van der Waals surface area (Å²) in [6.07, 6.45) is 1.75. The summed E-state index contributed by atoms with van der Waals surface area (Å²) in [7, 11) is -3.78. The number of H-pyrrole nitrogens is 1. The Balaban J connectivity index is 2.26. The first-order chi connectivity index (χ1) is 9.42. The summed E-state index contributed by atoms with van der Waals surface area (Å²) in [5.41, 5.74) is 6.81. The average Bonchev–Trinajstić information content (AvgIpc) is 2.75. The minimum Gasteiger partial charge on any atom is -0.399 e. The highest BCUT2D eigenvalue weighted by molar-refractivity contribution is 7.92. The Bertz CT molecular complexity index is 712. The molecule has 4 N–H and O–H groups in total. The van der Waals surface area contributed by atoms with E-state index >= 15 is 0 Å². The molecule has 0 spiro atoms. The lowest BCUT2D eigenvalue weighted by molar-refractivity contribution is 0.601. The van der Waals surface area contributed by atoms with Crippen LogP contribution in [0.15, 0.2) is 29.2 Å². The fourth-order valence-corrected chi connectivity index (χ4v) is 3.29. The van der Waals surface area contributed by atoms with Crippen LogP contribution in [-0.4, -0.2) is 18.6 Å². The van der Waals surface area contributed by atoms with Gasteiger partial charge in [-0.2, -0.15) is 5.10 Å². The van der Waals surface area contributed by atoms with E-state index in [2.05, 4.69) is 14.9 Å². The molecule has 0 aliphatic heterocycles. The van der Waals surface area contributed by atoms with E-state index in [1.807, 2.05) is 6.92 Å². The molecule has 1 aromatic carbocycles. The molecule has 1 aromatic heterocycles. The number of aromatic amines is 1. The van der Waals surface area contributed by atoms with Gasteiger partial charge in [0.05, 0.1) is 5.02 Å². The van der Waals surface area contributed by atoms with Gasteiger partial charge in [0.1, 0.15) is 4.90 Å². The average molecular weight is 315 g/mol. The molecule has 1 heterocycles. The molecule has 0 unspecified atom stereocenters. The van der Waals surface area contributed by atoms with Crippen molar-refractivity contribution >= 4 is 33.1 Å². The van der Waals surface area contributed by atoms with Crippen LogP contribution >= 0.6 is 11.6 Å². The van der Waals surface area contributed by atoms with Gasteiger partial charge in [0.25, 0.3) is 10.0 Å². The molecule has 108 valence electrons. The summed E-state index contributed by atoms with van der Waals surface area (Å²) in [4.78, 5) is -0.0339. The zero-order valence-electron chi connectivity index (χ0n) is 10.9. The molecule has 0 bridgehead atoms. The van der Waals surface area contributed by atoms with Crippen LogP contribution in [-0.2, 0) is 16.4 Å². The van der Waals surface area contributed by atoms with E-state index < -0.39 is 10.0 Å². The predicted octanol–water partition coefficient (Wildman–Crippen LogP) is 2.40. The number of anilines is 2. The highest BCUT2D eigenvalue weighted by atomic mass is 35.5. The minimum absolute atomic E-state index is 0.0339. The van der Waals surface area contributed by atoms with Crippen molar-refractivity contribution in [3.8, 4) is 0 Å². The second-order valence-electron chi connectivity index (χ2n) is 4.32. The fraction of sp³-hybridized carbons (Fsp3) is 0.250. The summed E-state index contributed by atoms with van der Waals surface area (Å²) in [5, 5.41) is 6.76. The molecule has 6 nitrogen and oxygen atoms in total. The van der Waals surface area contributed by atoms with Gasteiger partial charge in [0.2, 0.25) is 0 Å². The molecular formula is C12H15ClN4O2S. The molecule has 0 aliphatic carbocycles. The van der Waals surface area contributed by atoms with E-state index in [-0.39, 0.29) is 15.7 Å². The van der Waals surface area contributed by atoms with Gasteiger partial charge in [-0.1, -0.05) is 24.9 Å². The van der Waals surface area contributed by atoms with Gasteiger partial charge >= 0.3 is 0 Å². The van der Waals surface area contributed by atoms with E-state index in [1.54, 1.807) is 6.07 Å². The number of hydrogen-bond donors (Lipinski definition) is 3. The van der Waals surface area contributed by atoms with Gasteiger partial charge in [-0.15, -0.1) is 0 Å². The number of nitrogens with zero attached hydrogens (tertiary/aromatic N) is 1. The quantitative estimate of drug-likeness (QED) is 0.737. The smallest absolute Gasteiger partial charge is 0.264 e. The van der Waals surface area contributed by atoms with Gasteiger partial charge in [-0.05, 0) is 24.6 Å². The molecule has 0 atom stereocenters. The summed E-state index contributed by atoms with van der Waals surface area (Å²) in [6.45, 7) is 2.03. The Morgan fingerprint density at radius 2 is 2.15 bits per heavy atom. The van der Waals surface area contributed by atoms with Crippen molar-refractivity contribution in [2.45, 2.75) is 24.7 Å². The van der Waals surface area contributed by atoms with E-state index in [4.69, 9.17) is 17.3 Å². The molecule has 0 saturated carbocycles. The maximum atomic E-state index is 12.2. The maximum Gasteiger partial charge on any atom is 0.264 e. The molecule has 8 heteroatoms. The number of hydrogen-bond acceptors (Lipinski definition) is 4. The van der Waals surface area contributed by atoms with Crippen LogP contribution in [0.1, 0.15) is 19.0 Å².